The second-order valence-electron chi connectivity index (χ2n) is 6.58. The molecule has 0 aliphatic carbocycles. The van der Waals surface area contributed by atoms with Gasteiger partial charge < -0.3 is 19.9 Å². The van der Waals surface area contributed by atoms with Gasteiger partial charge in [-0.2, -0.15) is 0 Å². The van der Waals surface area contributed by atoms with Crippen molar-refractivity contribution in [2.75, 3.05) is 13.2 Å². The Kier molecular flexibility index (Phi) is 7.57. The number of carbonyl (C=O) groups excluding carboxylic acids is 2. The summed E-state index contributed by atoms with van der Waals surface area (Å²) in [5.74, 6) is -1.44. The van der Waals surface area contributed by atoms with Gasteiger partial charge in [-0.15, -0.1) is 0 Å². The van der Waals surface area contributed by atoms with Crippen LogP contribution in [0.5, 0.6) is 5.75 Å². The first kappa shape index (κ1) is 20.6. The average molecular weight is 351 g/mol. The van der Waals surface area contributed by atoms with Gasteiger partial charge in [-0.3, -0.25) is 9.59 Å². The van der Waals surface area contributed by atoms with Gasteiger partial charge in [0, 0.05) is 18.6 Å². The molecular weight excluding hydrogens is 326 g/mol. The van der Waals surface area contributed by atoms with Crippen molar-refractivity contribution < 1.29 is 29.0 Å². The maximum absolute atomic E-state index is 11.9. The number of amides is 1. The molecule has 0 aromatic heterocycles. The second-order valence-corrected chi connectivity index (χ2v) is 6.58. The van der Waals surface area contributed by atoms with Crippen LogP contribution in [-0.4, -0.2) is 47.6 Å². The summed E-state index contributed by atoms with van der Waals surface area (Å²) in [5, 5.41) is 11.6. The molecule has 0 radical (unpaired) electrons. The van der Waals surface area contributed by atoms with Crippen LogP contribution in [0.1, 0.15) is 44.5 Å². The highest BCUT2D eigenvalue weighted by Gasteiger charge is 2.21. The largest absolute Gasteiger partial charge is 0.484 e. The van der Waals surface area contributed by atoms with E-state index in [9.17, 15) is 19.5 Å². The molecule has 7 heteroatoms. The Morgan fingerprint density at radius 2 is 1.92 bits per heavy atom. The van der Waals surface area contributed by atoms with Crippen molar-refractivity contribution in [3.05, 3.63) is 29.8 Å². The summed E-state index contributed by atoms with van der Waals surface area (Å²) in [7, 11) is 0. The van der Waals surface area contributed by atoms with Gasteiger partial charge >= 0.3 is 5.97 Å². The third-order valence-electron chi connectivity index (χ3n) is 3.19. The van der Waals surface area contributed by atoms with E-state index in [2.05, 4.69) is 5.32 Å². The van der Waals surface area contributed by atoms with Crippen LogP contribution in [0.15, 0.2) is 24.3 Å². The molecule has 138 valence electrons. The number of benzene rings is 1. The lowest BCUT2D eigenvalue weighted by atomic mass is 10.1. The van der Waals surface area contributed by atoms with Crippen molar-refractivity contribution in [2.45, 2.75) is 45.8 Å². The minimum Gasteiger partial charge on any atom is -0.484 e. The molecule has 0 saturated heterocycles. The molecule has 1 aromatic carbocycles. The summed E-state index contributed by atoms with van der Waals surface area (Å²) in [5.41, 5.74) is 0.0957. The molecule has 1 aromatic rings. The molecule has 7 nitrogen and oxygen atoms in total. The van der Waals surface area contributed by atoms with E-state index in [0.717, 1.165) is 0 Å². The van der Waals surface area contributed by atoms with Crippen LogP contribution in [0.25, 0.3) is 0 Å². The van der Waals surface area contributed by atoms with Crippen LogP contribution in [0, 0.1) is 0 Å². The number of hydrogen-bond acceptors (Lipinski definition) is 5. The van der Waals surface area contributed by atoms with Crippen molar-refractivity contribution in [1.29, 1.82) is 0 Å². The Labute approximate surface area is 147 Å². The van der Waals surface area contributed by atoms with Crippen molar-refractivity contribution in [3.8, 4) is 5.75 Å². The zero-order valence-electron chi connectivity index (χ0n) is 15.0. The number of aliphatic carboxylic acids is 1. The number of hydrogen-bond donors (Lipinski definition) is 2. The Hall–Kier alpha value is -2.41. The fourth-order valence-electron chi connectivity index (χ4n) is 1.93. The third kappa shape index (κ3) is 8.30. The van der Waals surface area contributed by atoms with Crippen molar-refractivity contribution in [1.82, 2.24) is 5.32 Å². The number of carbonyl (C=O) groups is 3. The van der Waals surface area contributed by atoms with Gasteiger partial charge in [0.25, 0.3) is 5.91 Å². The van der Waals surface area contributed by atoms with Crippen molar-refractivity contribution in [3.63, 3.8) is 0 Å². The van der Waals surface area contributed by atoms with E-state index < -0.39 is 17.9 Å². The van der Waals surface area contributed by atoms with Gasteiger partial charge in [-0.25, -0.2) is 4.79 Å². The SMILES string of the molecule is CC(=O)c1cccc(OCC(=O)NC(CCOC(C)(C)C)C(=O)O)c1. The summed E-state index contributed by atoms with van der Waals surface area (Å²) in [6.07, 6.45) is 0.151. The van der Waals surface area contributed by atoms with Gasteiger partial charge in [-0.1, -0.05) is 12.1 Å². The predicted octanol–water partition coefficient (Wildman–Crippen LogP) is 2.04. The Bertz CT molecular complexity index is 620. The van der Waals surface area contributed by atoms with E-state index in [4.69, 9.17) is 9.47 Å². The van der Waals surface area contributed by atoms with Gasteiger partial charge in [-0.05, 0) is 39.8 Å². The maximum Gasteiger partial charge on any atom is 0.326 e. The Morgan fingerprint density at radius 3 is 2.48 bits per heavy atom. The van der Waals surface area contributed by atoms with Crippen LogP contribution in [-0.2, 0) is 14.3 Å². The van der Waals surface area contributed by atoms with E-state index in [1.165, 1.54) is 13.0 Å². The molecule has 0 bridgehead atoms. The lowest BCUT2D eigenvalue weighted by Crippen LogP contribution is -2.44. The highest BCUT2D eigenvalue weighted by molar-refractivity contribution is 5.94. The first-order valence-electron chi connectivity index (χ1n) is 7.98. The van der Waals surface area contributed by atoms with Crippen LogP contribution in [0.4, 0.5) is 0 Å². The first-order valence-corrected chi connectivity index (χ1v) is 7.98. The molecule has 2 N–H and O–H groups in total. The van der Waals surface area contributed by atoms with E-state index in [0.29, 0.717) is 11.3 Å². The summed E-state index contributed by atoms with van der Waals surface area (Å²) in [6, 6.07) is 5.38. The molecule has 0 fully saturated rings. The molecular formula is C18H25NO6. The molecule has 25 heavy (non-hydrogen) atoms. The fraction of sp³-hybridized carbons (Fsp3) is 0.500. The summed E-state index contributed by atoms with van der Waals surface area (Å²) in [6.45, 7) is 6.90. The number of ether oxygens (including phenoxy) is 2. The number of carboxylic acids is 1. The third-order valence-corrected chi connectivity index (χ3v) is 3.19. The highest BCUT2D eigenvalue weighted by atomic mass is 16.5. The molecule has 1 unspecified atom stereocenters. The van der Waals surface area contributed by atoms with Crippen LogP contribution < -0.4 is 10.1 Å². The lowest BCUT2D eigenvalue weighted by molar-refractivity contribution is -0.143. The fourth-order valence-corrected chi connectivity index (χ4v) is 1.93. The smallest absolute Gasteiger partial charge is 0.326 e. The Morgan fingerprint density at radius 1 is 1.24 bits per heavy atom. The number of nitrogens with one attached hydrogen (secondary N) is 1. The van der Waals surface area contributed by atoms with Crippen molar-refractivity contribution >= 4 is 17.7 Å². The average Bonchev–Trinajstić information content (AvgIpc) is 2.51. The van der Waals surface area contributed by atoms with E-state index in [1.807, 2.05) is 20.8 Å². The van der Waals surface area contributed by atoms with E-state index >= 15 is 0 Å². The van der Waals surface area contributed by atoms with Crippen molar-refractivity contribution in [2.24, 2.45) is 0 Å². The topological polar surface area (TPSA) is 102 Å². The van der Waals surface area contributed by atoms with Gasteiger partial charge in [0.15, 0.2) is 12.4 Å². The first-order chi connectivity index (χ1) is 11.6. The number of Topliss-reactive ketones (excluding diaryl/α,β-unsaturated/α-hetero) is 1. The van der Waals surface area contributed by atoms with Gasteiger partial charge in [0.2, 0.25) is 0 Å². The molecule has 1 amide bonds. The molecule has 1 atom stereocenters. The van der Waals surface area contributed by atoms with Crippen LogP contribution >= 0.6 is 0 Å². The summed E-state index contributed by atoms with van der Waals surface area (Å²) < 4.78 is 10.8. The zero-order chi connectivity index (χ0) is 19.0. The lowest BCUT2D eigenvalue weighted by Gasteiger charge is -2.21. The van der Waals surface area contributed by atoms with E-state index in [-0.39, 0.29) is 31.0 Å². The second kappa shape index (κ2) is 9.17. The standard InChI is InChI=1S/C18H25NO6/c1-12(20)13-6-5-7-14(10-13)24-11-16(21)19-15(17(22)23)8-9-25-18(2,3)4/h5-7,10,15H,8-9,11H2,1-4H3,(H,19,21)(H,22,23). The van der Waals surface area contributed by atoms with E-state index in [1.54, 1.807) is 18.2 Å². The van der Waals surface area contributed by atoms with Crippen LogP contribution in [0.2, 0.25) is 0 Å². The summed E-state index contributed by atoms with van der Waals surface area (Å²) in [4.78, 5) is 34.5. The maximum atomic E-state index is 11.9. The molecule has 0 heterocycles. The molecule has 1 rings (SSSR count). The molecule has 0 spiro atoms. The van der Waals surface area contributed by atoms with Crippen LogP contribution in [0.3, 0.4) is 0 Å². The minimum atomic E-state index is -1.13. The number of ketones is 1. The molecule has 0 aliphatic rings. The molecule has 0 saturated carbocycles. The van der Waals surface area contributed by atoms with Gasteiger partial charge in [0.1, 0.15) is 11.8 Å². The predicted molar refractivity (Wildman–Crippen MR) is 91.8 cm³/mol. The normalized spacial score (nSPS) is 12.3. The monoisotopic (exact) mass is 351 g/mol. The summed E-state index contributed by atoms with van der Waals surface area (Å²) >= 11 is 0. The highest BCUT2D eigenvalue weighted by Crippen LogP contribution is 2.13. The van der Waals surface area contributed by atoms with Gasteiger partial charge in [0.05, 0.1) is 5.60 Å². The zero-order valence-corrected chi connectivity index (χ0v) is 15.0. The Balaban J connectivity index is 2.51. The molecule has 0 aliphatic heterocycles. The quantitative estimate of drug-likeness (QED) is 0.660. The number of rotatable bonds is 9. The number of carboxylic acid groups (broad SMARTS) is 1. The minimum absolute atomic E-state index is 0.111.